The summed E-state index contributed by atoms with van der Waals surface area (Å²) in [5.74, 6) is -5.02. The number of alkyl halides is 6. The molecule has 0 heterocycles. The number of nitrogens with zero attached hydrogens (tertiary/aromatic N) is 2. The van der Waals surface area contributed by atoms with Crippen molar-refractivity contribution in [3.8, 4) is 0 Å². The van der Waals surface area contributed by atoms with Gasteiger partial charge in [-0.15, -0.1) is 0 Å². The smallest absolute Gasteiger partial charge is 0.221 e. The van der Waals surface area contributed by atoms with Crippen LogP contribution in [0.5, 0.6) is 0 Å². The molecule has 2 rings (SSSR count). The molecule has 0 aliphatic carbocycles. The van der Waals surface area contributed by atoms with E-state index in [9.17, 15) is 35.9 Å². The van der Waals surface area contributed by atoms with Gasteiger partial charge in [0.1, 0.15) is 0 Å². The predicted octanol–water partition coefficient (Wildman–Crippen LogP) is 5.14. The van der Waals surface area contributed by atoms with Crippen molar-refractivity contribution in [1.82, 2.24) is 0 Å². The summed E-state index contributed by atoms with van der Waals surface area (Å²) in [6.07, 6.45) is -3.73. The molecule has 0 amide bonds. The molecule has 140 valence electrons. The number of aliphatic imine (C=N–C) groups is 2. The summed E-state index contributed by atoms with van der Waals surface area (Å²) in [4.78, 5) is 26.5. The molecule has 0 saturated carbocycles. The highest BCUT2D eigenvalue weighted by atomic mass is 19.4. The Labute approximate surface area is 147 Å². The minimum atomic E-state index is -5.98. The number of halogens is 6. The van der Waals surface area contributed by atoms with Gasteiger partial charge in [0.25, 0.3) is 5.67 Å². The molecular formula is C17H8F6N2O2. The summed E-state index contributed by atoms with van der Waals surface area (Å²) in [6, 6.07) is 5.18. The Bertz CT molecular complexity index is 912. The van der Waals surface area contributed by atoms with Crippen molar-refractivity contribution in [2.75, 3.05) is 0 Å². The van der Waals surface area contributed by atoms with E-state index in [-0.39, 0.29) is 11.4 Å². The Hall–Kier alpha value is -3.22. The summed E-state index contributed by atoms with van der Waals surface area (Å²) in [5.41, 5.74) is -8.05. The van der Waals surface area contributed by atoms with E-state index >= 15 is 0 Å². The van der Waals surface area contributed by atoms with E-state index in [1.807, 2.05) is 0 Å². The fourth-order valence-corrected chi connectivity index (χ4v) is 2.34. The Morgan fingerprint density at radius 3 is 1.33 bits per heavy atom. The average Bonchev–Trinajstić information content (AvgIpc) is 2.61. The summed E-state index contributed by atoms with van der Waals surface area (Å²) in [6.45, 7) is 0. The minimum Gasteiger partial charge on any atom is -0.221 e. The molecule has 0 radical (unpaired) electrons. The lowest BCUT2D eigenvalue weighted by Gasteiger charge is -2.35. The van der Waals surface area contributed by atoms with Crippen molar-refractivity contribution in [3.05, 3.63) is 59.7 Å². The number of hydrogen-bond acceptors (Lipinski definition) is 4. The Morgan fingerprint density at radius 2 is 1.00 bits per heavy atom. The third-order valence-corrected chi connectivity index (χ3v) is 3.67. The molecule has 0 fully saturated rings. The van der Waals surface area contributed by atoms with Crippen molar-refractivity contribution < 1.29 is 35.9 Å². The van der Waals surface area contributed by atoms with Gasteiger partial charge >= 0.3 is 12.1 Å². The molecular weight excluding hydrogens is 378 g/mol. The second kappa shape index (κ2) is 7.19. The van der Waals surface area contributed by atoms with E-state index in [2.05, 4.69) is 9.98 Å². The second-order valence-corrected chi connectivity index (χ2v) is 5.23. The number of benzene rings is 2. The second-order valence-electron chi connectivity index (χ2n) is 5.23. The van der Waals surface area contributed by atoms with Crippen LogP contribution >= 0.6 is 0 Å². The minimum absolute atomic E-state index is 0.142. The first kappa shape index (κ1) is 20.1. The molecule has 4 nitrogen and oxygen atoms in total. The molecule has 2 aromatic rings. The van der Waals surface area contributed by atoms with Gasteiger partial charge < -0.3 is 0 Å². The van der Waals surface area contributed by atoms with Gasteiger partial charge in [-0.1, -0.05) is 24.3 Å². The summed E-state index contributed by atoms with van der Waals surface area (Å²) < 4.78 is 84.5. The largest absolute Gasteiger partial charge is 0.433 e. The van der Waals surface area contributed by atoms with Gasteiger partial charge in [-0.05, 0) is 24.3 Å². The van der Waals surface area contributed by atoms with Crippen LogP contribution in [0.15, 0.2) is 58.5 Å². The zero-order chi connectivity index (χ0) is 20.3. The van der Waals surface area contributed by atoms with Gasteiger partial charge in [-0.25, -0.2) is 14.0 Å². The fourth-order valence-electron chi connectivity index (χ4n) is 2.34. The molecule has 2 aromatic carbocycles. The zero-order valence-electron chi connectivity index (χ0n) is 13.1. The van der Waals surface area contributed by atoms with Gasteiger partial charge in [-0.2, -0.15) is 31.9 Å². The summed E-state index contributed by atoms with van der Waals surface area (Å²) in [5, 5.41) is 0. The van der Waals surface area contributed by atoms with Gasteiger partial charge in [0.2, 0.25) is 12.2 Å². The van der Waals surface area contributed by atoms with Crippen molar-refractivity contribution in [2.45, 2.75) is 17.8 Å². The molecule has 0 aliphatic heterocycles. The number of hydrogen-bond donors (Lipinski definition) is 0. The molecule has 10 heteroatoms. The molecule has 0 aromatic heterocycles. The normalized spacial score (nSPS) is 13.9. The summed E-state index contributed by atoms with van der Waals surface area (Å²) in [7, 11) is 0. The number of carbonyl (C=O) groups excluding carboxylic acids is 2. The van der Waals surface area contributed by atoms with Crippen LogP contribution in [0.25, 0.3) is 0 Å². The quantitative estimate of drug-likeness (QED) is 0.406. The SMILES string of the molecule is O=C=Nc1ccc(C(F)(F)C(F)(c2ccc(N=C=O)cc2)C(F)(F)F)cc1. The lowest BCUT2D eigenvalue weighted by molar-refractivity contribution is -0.314. The van der Waals surface area contributed by atoms with Gasteiger partial charge in [0.15, 0.2) is 0 Å². The zero-order valence-corrected chi connectivity index (χ0v) is 13.1. The van der Waals surface area contributed by atoms with E-state index in [1.165, 1.54) is 0 Å². The van der Waals surface area contributed by atoms with E-state index < -0.39 is 28.9 Å². The highest BCUT2D eigenvalue weighted by molar-refractivity contribution is 5.51. The van der Waals surface area contributed by atoms with Crippen molar-refractivity contribution in [1.29, 1.82) is 0 Å². The maximum Gasteiger partial charge on any atom is 0.433 e. The van der Waals surface area contributed by atoms with E-state index in [0.717, 1.165) is 36.4 Å². The predicted molar refractivity (Wildman–Crippen MR) is 81.2 cm³/mol. The van der Waals surface area contributed by atoms with Crippen LogP contribution in [0, 0.1) is 0 Å². The van der Waals surface area contributed by atoms with Gasteiger partial charge in [0, 0.05) is 11.1 Å². The molecule has 1 atom stereocenters. The number of rotatable bonds is 5. The Balaban J connectivity index is 2.62. The maximum atomic E-state index is 15.0. The first-order chi connectivity index (χ1) is 12.6. The van der Waals surface area contributed by atoms with Crippen molar-refractivity contribution in [2.24, 2.45) is 9.98 Å². The highest BCUT2D eigenvalue weighted by Crippen LogP contribution is 2.57. The van der Waals surface area contributed by atoms with Crippen LogP contribution in [0.4, 0.5) is 37.7 Å². The number of isocyanates is 2. The topological polar surface area (TPSA) is 58.9 Å². The van der Waals surface area contributed by atoms with Crippen LogP contribution < -0.4 is 0 Å². The lowest BCUT2D eigenvalue weighted by atomic mass is 9.84. The van der Waals surface area contributed by atoms with E-state index in [0.29, 0.717) is 24.3 Å². The van der Waals surface area contributed by atoms with Crippen LogP contribution in [0.2, 0.25) is 0 Å². The third-order valence-electron chi connectivity index (χ3n) is 3.67. The fraction of sp³-hybridized carbons (Fsp3) is 0.176. The molecule has 0 spiro atoms. The molecule has 27 heavy (non-hydrogen) atoms. The van der Waals surface area contributed by atoms with Crippen molar-refractivity contribution in [3.63, 3.8) is 0 Å². The van der Waals surface area contributed by atoms with Crippen LogP contribution in [0.1, 0.15) is 11.1 Å². The first-order valence-electron chi connectivity index (χ1n) is 7.08. The Morgan fingerprint density at radius 1 is 0.630 bits per heavy atom. The first-order valence-corrected chi connectivity index (χ1v) is 7.08. The van der Waals surface area contributed by atoms with E-state index in [4.69, 9.17) is 0 Å². The van der Waals surface area contributed by atoms with Crippen LogP contribution in [-0.4, -0.2) is 18.3 Å². The molecule has 0 N–H and O–H groups in total. The summed E-state index contributed by atoms with van der Waals surface area (Å²) >= 11 is 0. The standard InChI is InChI=1S/C17H8F6N2O2/c18-15(17(21,22)23,11-1-5-13(6-2-11)24-9-26)16(19,20)12-3-7-14(8-4-12)25-10-27/h1-8H. The molecule has 0 aliphatic rings. The van der Waals surface area contributed by atoms with Gasteiger partial charge in [0.05, 0.1) is 11.4 Å². The molecule has 0 bridgehead atoms. The lowest BCUT2D eigenvalue weighted by Crippen LogP contribution is -2.51. The Kier molecular flexibility index (Phi) is 5.35. The average molecular weight is 386 g/mol. The van der Waals surface area contributed by atoms with Crippen LogP contribution in [0.3, 0.4) is 0 Å². The molecule has 0 saturated heterocycles. The third kappa shape index (κ3) is 3.53. The van der Waals surface area contributed by atoms with E-state index in [1.54, 1.807) is 0 Å². The maximum absolute atomic E-state index is 15.0. The van der Waals surface area contributed by atoms with Gasteiger partial charge in [-0.3, -0.25) is 0 Å². The monoisotopic (exact) mass is 386 g/mol. The molecule has 1 unspecified atom stereocenters. The van der Waals surface area contributed by atoms with Crippen LogP contribution in [-0.2, 0) is 21.2 Å². The van der Waals surface area contributed by atoms with Crippen molar-refractivity contribution >= 4 is 23.5 Å². The highest BCUT2D eigenvalue weighted by Gasteiger charge is 2.72.